The summed E-state index contributed by atoms with van der Waals surface area (Å²) in [5.74, 6) is -0.199. The van der Waals surface area contributed by atoms with E-state index in [4.69, 9.17) is 4.98 Å². The molecule has 2 aromatic heterocycles. The second kappa shape index (κ2) is 6.05. The van der Waals surface area contributed by atoms with Crippen molar-refractivity contribution >= 4 is 5.97 Å². The Labute approximate surface area is 151 Å². The van der Waals surface area contributed by atoms with E-state index in [2.05, 4.69) is 42.9 Å². The Kier molecular flexibility index (Phi) is 3.83. The van der Waals surface area contributed by atoms with E-state index >= 15 is 0 Å². The first-order chi connectivity index (χ1) is 12.5. The minimum absolute atomic E-state index is 0.0830. The van der Waals surface area contributed by atoms with Gasteiger partial charge in [0, 0.05) is 30.2 Å². The molecule has 26 heavy (non-hydrogen) atoms. The van der Waals surface area contributed by atoms with Crippen LogP contribution in [-0.4, -0.2) is 30.6 Å². The molecule has 0 atom stereocenters. The van der Waals surface area contributed by atoms with E-state index in [9.17, 15) is 9.90 Å². The van der Waals surface area contributed by atoms with Crippen molar-refractivity contribution in [3.05, 3.63) is 58.6 Å². The smallest absolute Gasteiger partial charge is 0.356 e. The minimum atomic E-state index is -1.02. The van der Waals surface area contributed by atoms with E-state index in [1.54, 1.807) is 6.33 Å². The number of aromatic carboxylic acids is 1. The van der Waals surface area contributed by atoms with Crippen LogP contribution in [0.5, 0.6) is 0 Å². The van der Waals surface area contributed by atoms with Gasteiger partial charge in [-0.05, 0) is 43.5 Å². The van der Waals surface area contributed by atoms with Crippen LogP contribution in [0.3, 0.4) is 0 Å². The molecular weight excluding hydrogens is 328 g/mol. The van der Waals surface area contributed by atoms with Crippen LogP contribution in [0.2, 0.25) is 0 Å². The summed E-state index contributed by atoms with van der Waals surface area (Å²) in [6.45, 7) is 6.23. The molecule has 0 saturated heterocycles. The molecular formula is C20H20N4O2. The fraction of sp³-hybridized carbons (Fsp3) is 0.300. The zero-order valence-corrected chi connectivity index (χ0v) is 15.1. The standard InChI is InChI=1S/C20H20N4O2/c1-4-5-17-21-9-13-8-16-19(20(25)26)22-10-24(16)15-7-12(3)11(2)6-14(15)18(13)23-17/h6-7,9-10H,4-5,8H2,1-3H3,(H,25,26). The van der Waals surface area contributed by atoms with Crippen LogP contribution in [0, 0.1) is 13.8 Å². The fourth-order valence-electron chi connectivity index (χ4n) is 3.45. The average Bonchev–Trinajstić information content (AvgIpc) is 2.97. The summed E-state index contributed by atoms with van der Waals surface area (Å²) < 4.78 is 1.88. The molecule has 3 aromatic rings. The molecule has 1 aromatic carbocycles. The third-order valence-corrected chi connectivity index (χ3v) is 4.94. The molecule has 0 radical (unpaired) electrons. The molecule has 0 bridgehead atoms. The molecule has 0 spiro atoms. The molecule has 6 heteroatoms. The van der Waals surface area contributed by atoms with Gasteiger partial charge in [-0.1, -0.05) is 6.92 Å². The van der Waals surface area contributed by atoms with Crippen LogP contribution >= 0.6 is 0 Å². The van der Waals surface area contributed by atoms with Crippen molar-refractivity contribution in [2.75, 3.05) is 0 Å². The van der Waals surface area contributed by atoms with Gasteiger partial charge in [-0.2, -0.15) is 0 Å². The van der Waals surface area contributed by atoms with Crippen molar-refractivity contribution in [2.45, 2.75) is 40.0 Å². The number of carboxylic acids is 1. The second-order valence-corrected chi connectivity index (χ2v) is 6.76. The van der Waals surface area contributed by atoms with E-state index in [0.717, 1.165) is 46.7 Å². The predicted octanol–water partition coefficient (Wildman–Crippen LogP) is 3.50. The molecule has 4 rings (SSSR count). The molecule has 0 fully saturated rings. The average molecular weight is 348 g/mol. The normalized spacial score (nSPS) is 12.1. The Bertz CT molecular complexity index is 1040. The van der Waals surface area contributed by atoms with Gasteiger partial charge in [0.15, 0.2) is 5.69 Å². The fourth-order valence-corrected chi connectivity index (χ4v) is 3.45. The number of nitrogens with zero attached hydrogens (tertiary/aromatic N) is 4. The van der Waals surface area contributed by atoms with Crippen LogP contribution in [0.15, 0.2) is 24.7 Å². The zero-order valence-electron chi connectivity index (χ0n) is 15.1. The van der Waals surface area contributed by atoms with E-state index in [0.29, 0.717) is 12.1 Å². The number of aryl methyl sites for hydroxylation is 3. The Morgan fingerprint density at radius 2 is 2.00 bits per heavy atom. The van der Waals surface area contributed by atoms with Gasteiger partial charge in [-0.3, -0.25) is 0 Å². The third-order valence-electron chi connectivity index (χ3n) is 4.94. The van der Waals surface area contributed by atoms with Gasteiger partial charge < -0.3 is 9.67 Å². The monoisotopic (exact) mass is 348 g/mol. The topological polar surface area (TPSA) is 80.9 Å². The number of carbonyl (C=O) groups is 1. The van der Waals surface area contributed by atoms with Gasteiger partial charge in [0.05, 0.1) is 17.1 Å². The lowest BCUT2D eigenvalue weighted by Gasteiger charge is -2.13. The molecule has 1 aliphatic rings. The lowest BCUT2D eigenvalue weighted by molar-refractivity contribution is 0.0690. The molecule has 1 N–H and O–H groups in total. The lowest BCUT2D eigenvalue weighted by Crippen LogP contribution is -2.06. The Hall–Kier alpha value is -3.02. The molecule has 3 heterocycles. The maximum Gasteiger partial charge on any atom is 0.356 e. The number of imidazole rings is 1. The Morgan fingerprint density at radius 1 is 1.23 bits per heavy atom. The molecule has 0 saturated carbocycles. The summed E-state index contributed by atoms with van der Waals surface area (Å²) in [4.78, 5) is 25.1. The van der Waals surface area contributed by atoms with Gasteiger partial charge in [0.25, 0.3) is 0 Å². The molecule has 0 aliphatic carbocycles. The van der Waals surface area contributed by atoms with E-state index in [1.807, 2.05) is 10.8 Å². The maximum absolute atomic E-state index is 11.6. The van der Waals surface area contributed by atoms with E-state index in [-0.39, 0.29) is 5.69 Å². The predicted molar refractivity (Wildman–Crippen MR) is 97.8 cm³/mol. The first-order valence-corrected chi connectivity index (χ1v) is 8.76. The van der Waals surface area contributed by atoms with Gasteiger partial charge >= 0.3 is 5.97 Å². The largest absolute Gasteiger partial charge is 0.476 e. The van der Waals surface area contributed by atoms with Crippen LogP contribution in [0.25, 0.3) is 16.9 Å². The highest BCUT2D eigenvalue weighted by Gasteiger charge is 2.26. The Morgan fingerprint density at radius 3 is 2.73 bits per heavy atom. The third kappa shape index (κ3) is 2.49. The highest BCUT2D eigenvalue weighted by molar-refractivity contribution is 5.88. The zero-order chi connectivity index (χ0) is 18.4. The molecule has 6 nitrogen and oxygen atoms in total. The summed E-state index contributed by atoms with van der Waals surface area (Å²) in [6.07, 6.45) is 5.67. The van der Waals surface area contributed by atoms with Gasteiger partial charge in [-0.25, -0.2) is 19.7 Å². The summed E-state index contributed by atoms with van der Waals surface area (Å²) in [7, 11) is 0. The van der Waals surface area contributed by atoms with Crippen LogP contribution in [0.1, 0.15) is 52.0 Å². The van der Waals surface area contributed by atoms with E-state index < -0.39 is 5.97 Å². The molecule has 0 unspecified atom stereocenters. The van der Waals surface area contributed by atoms with Gasteiger partial charge in [0.2, 0.25) is 0 Å². The number of rotatable bonds is 3. The molecule has 132 valence electrons. The number of hydrogen-bond donors (Lipinski definition) is 1. The second-order valence-electron chi connectivity index (χ2n) is 6.76. The van der Waals surface area contributed by atoms with Gasteiger partial charge in [0.1, 0.15) is 12.2 Å². The maximum atomic E-state index is 11.6. The van der Waals surface area contributed by atoms with Crippen LogP contribution < -0.4 is 0 Å². The molecule has 0 amide bonds. The first-order valence-electron chi connectivity index (χ1n) is 8.76. The van der Waals surface area contributed by atoms with Gasteiger partial charge in [-0.15, -0.1) is 0 Å². The minimum Gasteiger partial charge on any atom is -0.476 e. The van der Waals surface area contributed by atoms with Crippen molar-refractivity contribution in [3.8, 4) is 16.9 Å². The number of aromatic nitrogens is 4. The summed E-state index contributed by atoms with van der Waals surface area (Å²) >= 11 is 0. The number of benzene rings is 1. The SMILES string of the molecule is CCCc1ncc2c(n1)-c1cc(C)c(C)cc1-n1cnc(C(=O)O)c1C2. The number of hydrogen-bond acceptors (Lipinski definition) is 4. The van der Waals surface area contributed by atoms with Crippen molar-refractivity contribution in [1.82, 2.24) is 19.5 Å². The highest BCUT2D eigenvalue weighted by Crippen LogP contribution is 2.36. The van der Waals surface area contributed by atoms with Crippen molar-refractivity contribution in [3.63, 3.8) is 0 Å². The first kappa shape index (κ1) is 16.4. The van der Waals surface area contributed by atoms with Crippen LogP contribution in [0.4, 0.5) is 0 Å². The number of fused-ring (bicyclic) bond motifs is 5. The number of carboxylic acid groups (broad SMARTS) is 1. The van der Waals surface area contributed by atoms with Crippen molar-refractivity contribution in [1.29, 1.82) is 0 Å². The quantitative estimate of drug-likeness (QED) is 0.613. The van der Waals surface area contributed by atoms with Crippen molar-refractivity contribution < 1.29 is 9.90 Å². The highest BCUT2D eigenvalue weighted by atomic mass is 16.4. The lowest BCUT2D eigenvalue weighted by atomic mass is 9.99. The summed E-state index contributed by atoms with van der Waals surface area (Å²) in [5.41, 5.74) is 6.79. The Balaban J connectivity index is 2.05. The molecule has 1 aliphatic heterocycles. The summed E-state index contributed by atoms with van der Waals surface area (Å²) in [6, 6.07) is 4.21. The van der Waals surface area contributed by atoms with Crippen molar-refractivity contribution in [2.24, 2.45) is 0 Å². The van der Waals surface area contributed by atoms with Crippen LogP contribution in [-0.2, 0) is 12.8 Å². The summed E-state index contributed by atoms with van der Waals surface area (Å²) in [5, 5.41) is 9.52. The van der Waals surface area contributed by atoms with E-state index in [1.165, 1.54) is 5.56 Å².